The van der Waals surface area contributed by atoms with Crippen molar-refractivity contribution in [2.45, 2.75) is 26.4 Å². The molecule has 0 aromatic heterocycles. The largest absolute Gasteiger partial charge is 0.489 e. The number of aliphatic carboxylic acids is 1. The van der Waals surface area contributed by atoms with Crippen molar-refractivity contribution in [3.63, 3.8) is 0 Å². The van der Waals surface area contributed by atoms with Gasteiger partial charge in [-0.3, -0.25) is 4.79 Å². The summed E-state index contributed by atoms with van der Waals surface area (Å²) in [5.41, 5.74) is 5.73. The van der Waals surface area contributed by atoms with Gasteiger partial charge in [0.15, 0.2) is 0 Å². The fraction of sp³-hybridized carbons (Fsp3) is 0.174. The van der Waals surface area contributed by atoms with Crippen LogP contribution in [0.4, 0.5) is 0 Å². The first-order valence-corrected chi connectivity index (χ1v) is 8.70. The molecule has 3 rings (SSSR count). The number of benzene rings is 3. The van der Waals surface area contributed by atoms with Gasteiger partial charge in [-0.1, -0.05) is 60.2 Å². The first kappa shape index (κ1) is 17.7. The standard InChI is InChI=1S/C23H22O3/c1-17-5-10-20(11-6-17)21-4-2-3-19(15-21)16-26-22-12-7-18(8-13-22)9-14-23(24)25/h2-8,10-13,15H,9,14,16H2,1H3,(H,24,25). The van der Waals surface area contributed by atoms with Gasteiger partial charge in [0.1, 0.15) is 12.4 Å². The molecule has 0 saturated heterocycles. The molecule has 26 heavy (non-hydrogen) atoms. The van der Waals surface area contributed by atoms with Crippen LogP contribution >= 0.6 is 0 Å². The minimum absolute atomic E-state index is 0.145. The van der Waals surface area contributed by atoms with Crippen LogP contribution < -0.4 is 4.74 Å². The monoisotopic (exact) mass is 346 g/mol. The lowest BCUT2D eigenvalue weighted by atomic mass is 10.0. The van der Waals surface area contributed by atoms with E-state index in [1.54, 1.807) is 0 Å². The van der Waals surface area contributed by atoms with E-state index in [0.717, 1.165) is 16.9 Å². The molecule has 3 aromatic carbocycles. The van der Waals surface area contributed by atoms with Crippen molar-refractivity contribution < 1.29 is 14.6 Å². The highest BCUT2D eigenvalue weighted by atomic mass is 16.5. The van der Waals surface area contributed by atoms with E-state index in [-0.39, 0.29) is 6.42 Å². The van der Waals surface area contributed by atoms with E-state index in [2.05, 4.69) is 49.4 Å². The smallest absolute Gasteiger partial charge is 0.303 e. The number of aryl methyl sites for hydroxylation is 2. The summed E-state index contributed by atoms with van der Waals surface area (Å²) in [7, 11) is 0. The van der Waals surface area contributed by atoms with Crippen LogP contribution in [0.5, 0.6) is 5.75 Å². The van der Waals surface area contributed by atoms with E-state index in [1.807, 2.05) is 30.3 Å². The molecule has 0 bridgehead atoms. The van der Waals surface area contributed by atoms with E-state index in [9.17, 15) is 4.79 Å². The second kappa shape index (κ2) is 8.34. The minimum Gasteiger partial charge on any atom is -0.489 e. The van der Waals surface area contributed by atoms with Crippen molar-refractivity contribution >= 4 is 5.97 Å². The maximum absolute atomic E-state index is 10.6. The summed E-state index contributed by atoms with van der Waals surface area (Å²) in [6, 6.07) is 24.5. The normalized spacial score (nSPS) is 10.5. The van der Waals surface area contributed by atoms with Gasteiger partial charge in [0, 0.05) is 6.42 Å². The van der Waals surface area contributed by atoms with E-state index in [0.29, 0.717) is 13.0 Å². The molecule has 3 nitrogen and oxygen atoms in total. The first-order chi connectivity index (χ1) is 12.6. The number of hydrogen-bond acceptors (Lipinski definition) is 2. The Kier molecular flexibility index (Phi) is 5.69. The fourth-order valence-corrected chi connectivity index (χ4v) is 2.76. The molecule has 0 unspecified atom stereocenters. The Hall–Kier alpha value is -3.07. The Morgan fingerprint density at radius 1 is 0.885 bits per heavy atom. The highest BCUT2D eigenvalue weighted by Gasteiger charge is 2.02. The zero-order chi connectivity index (χ0) is 18.4. The Labute approximate surface area is 153 Å². The summed E-state index contributed by atoms with van der Waals surface area (Å²) >= 11 is 0. The van der Waals surface area contributed by atoms with Gasteiger partial charge in [0.2, 0.25) is 0 Å². The lowest BCUT2D eigenvalue weighted by molar-refractivity contribution is -0.136. The van der Waals surface area contributed by atoms with E-state index in [1.165, 1.54) is 16.7 Å². The molecule has 0 spiro atoms. The summed E-state index contributed by atoms with van der Waals surface area (Å²) in [5.74, 6) is 0.00333. The molecule has 0 atom stereocenters. The lowest BCUT2D eigenvalue weighted by Crippen LogP contribution is -1.98. The average molecular weight is 346 g/mol. The van der Waals surface area contributed by atoms with Crippen LogP contribution in [-0.2, 0) is 17.8 Å². The average Bonchev–Trinajstić information content (AvgIpc) is 2.66. The Balaban J connectivity index is 1.62. The number of carboxylic acid groups (broad SMARTS) is 1. The summed E-state index contributed by atoms with van der Waals surface area (Å²) in [6.45, 7) is 2.58. The number of rotatable bonds is 7. The van der Waals surface area contributed by atoms with Gasteiger partial charge in [0.25, 0.3) is 0 Å². The van der Waals surface area contributed by atoms with E-state index >= 15 is 0 Å². The Morgan fingerprint density at radius 2 is 1.62 bits per heavy atom. The predicted molar refractivity (Wildman–Crippen MR) is 103 cm³/mol. The van der Waals surface area contributed by atoms with Gasteiger partial charge < -0.3 is 9.84 Å². The topological polar surface area (TPSA) is 46.5 Å². The maximum atomic E-state index is 10.6. The first-order valence-electron chi connectivity index (χ1n) is 8.70. The maximum Gasteiger partial charge on any atom is 0.303 e. The summed E-state index contributed by atoms with van der Waals surface area (Å²) in [4.78, 5) is 10.6. The van der Waals surface area contributed by atoms with Crippen LogP contribution in [0.3, 0.4) is 0 Å². The van der Waals surface area contributed by atoms with Crippen molar-refractivity contribution in [1.82, 2.24) is 0 Å². The van der Waals surface area contributed by atoms with E-state index in [4.69, 9.17) is 9.84 Å². The van der Waals surface area contributed by atoms with Crippen LogP contribution in [0, 0.1) is 6.92 Å². The number of hydrogen-bond donors (Lipinski definition) is 1. The molecule has 0 aliphatic heterocycles. The van der Waals surface area contributed by atoms with Gasteiger partial charge in [0.05, 0.1) is 0 Å². The molecule has 0 saturated carbocycles. The molecule has 0 aliphatic rings. The Bertz CT molecular complexity index is 865. The molecule has 3 aromatic rings. The molecule has 0 heterocycles. The molecular formula is C23H22O3. The summed E-state index contributed by atoms with van der Waals surface area (Å²) in [6.07, 6.45) is 0.681. The SMILES string of the molecule is Cc1ccc(-c2cccc(COc3ccc(CCC(=O)O)cc3)c2)cc1. The van der Waals surface area contributed by atoms with Crippen molar-refractivity contribution in [1.29, 1.82) is 0 Å². The van der Waals surface area contributed by atoms with Crippen LogP contribution in [0.2, 0.25) is 0 Å². The van der Waals surface area contributed by atoms with E-state index < -0.39 is 5.97 Å². The third kappa shape index (κ3) is 4.96. The van der Waals surface area contributed by atoms with Crippen molar-refractivity contribution in [2.24, 2.45) is 0 Å². The van der Waals surface area contributed by atoms with Crippen LogP contribution in [0.1, 0.15) is 23.1 Å². The van der Waals surface area contributed by atoms with Gasteiger partial charge in [-0.05, 0) is 53.8 Å². The molecule has 1 N–H and O–H groups in total. The number of carbonyl (C=O) groups is 1. The molecule has 0 radical (unpaired) electrons. The van der Waals surface area contributed by atoms with Crippen LogP contribution in [0.15, 0.2) is 72.8 Å². The highest BCUT2D eigenvalue weighted by Crippen LogP contribution is 2.22. The second-order valence-corrected chi connectivity index (χ2v) is 6.39. The van der Waals surface area contributed by atoms with Gasteiger partial charge in [-0.2, -0.15) is 0 Å². The molecule has 0 aliphatic carbocycles. The van der Waals surface area contributed by atoms with Crippen molar-refractivity contribution in [3.05, 3.63) is 89.5 Å². The van der Waals surface area contributed by atoms with Gasteiger partial charge in [-0.15, -0.1) is 0 Å². The number of carboxylic acids is 1. The summed E-state index contributed by atoms with van der Waals surface area (Å²) < 4.78 is 5.87. The molecule has 132 valence electrons. The second-order valence-electron chi connectivity index (χ2n) is 6.39. The van der Waals surface area contributed by atoms with Crippen molar-refractivity contribution in [3.8, 4) is 16.9 Å². The molecule has 0 fully saturated rings. The third-order valence-corrected chi connectivity index (χ3v) is 4.27. The lowest BCUT2D eigenvalue weighted by Gasteiger charge is -2.09. The highest BCUT2D eigenvalue weighted by molar-refractivity contribution is 5.67. The summed E-state index contributed by atoms with van der Waals surface area (Å²) in [5, 5.41) is 8.73. The zero-order valence-corrected chi connectivity index (χ0v) is 14.8. The molecular weight excluding hydrogens is 324 g/mol. The van der Waals surface area contributed by atoms with Crippen LogP contribution in [0.25, 0.3) is 11.1 Å². The molecule has 3 heteroatoms. The van der Waals surface area contributed by atoms with Gasteiger partial charge in [-0.25, -0.2) is 0 Å². The predicted octanol–water partition coefficient (Wildman–Crippen LogP) is 5.26. The van der Waals surface area contributed by atoms with Crippen LogP contribution in [-0.4, -0.2) is 11.1 Å². The molecule has 0 amide bonds. The minimum atomic E-state index is -0.779. The number of ether oxygens (including phenoxy) is 1. The fourth-order valence-electron chi connectivity index (χ4n) is 2.76. The van der Waals surface area contributed by atoms with Gasteiger partial charge >= 0.3 is 5.97 Å². The third-order valence-electron chi connectivity index (χ3n) is 4.27. The Morgan fingerprint density at radius 3 is 2.31 bits per heavy atom. The van der Waals surface area contributed by atoms with Crippen molar-refractivity contribution in [2.75, 3.05) is 0 Å². The quantitative estimate of drug-likeness (QED) is 0.635. The zero-order valence-electron chi connectivity index (χ0n) is 14.8.